The van der Waals surface area contributed by atoms with E-state index in [1.54, 1.807) is 0 Å². The summed E-state index contributed by atoms with van der Waals surface area (Å²) in [5.41, 5.74) is 0. The normalized spacial score (nSPS) is 24.1. The summed E-state index contributed by atoms with van der Waals surface area (Å²) in [4.78, 5) is 1.19. The van der Waals surface area contributed by atoms with Crippen LogP contribution < -0.4 is 5.32 Å². The van der Waals surface area contributed by atoms with Crippen molar-refractivity contribution in [2.24, 2.45) is 5.92 Å². The molecule has 1 N–H and O–H groups in total. The minimum absolute atomic E-state index is 0.737. The zero-order chi connectivity index (χ0) is 12.8. The number of benzene rings is 1. The van der Waals surface area contributed by atoms with Crippen LogP contribution >= 0.6 is 23.4 Å². The van der Waals surface area contributed by atoms with E-state index in [0.29, 0.717) is 0 Å². The largest absolute Gasteiger partial charge is 0.313 e. The van der Waals surface area contributed by atoms with Crippen LogP contribution in [-0.4, -0.2) is 18.3 Å². The summed E-state index contributed by atoms with van der Waals surface area (Å²) in [5, 5.41) is 4.55. The molecule has 2 atom stereocenters. The maximum atomic E-state index is 6.13. The number of hydrogen-bond acceptors (Lipinski definition) is 2. The average molecular weight is 284 g/mol. The summed E-state index contributed by atoms with van der Waals surface area (Å²) in [6, 6.07) is 8.81. The van der Waals surface area contributed by atoms with Crippen LogP contribution in [-0.2, 0) is 0 Å². The van der Waals surface area contributed by atoms with E-state index < -0.39 is 0 Å². The van der Waals surface area contributed by atoms with Gasteiger partial charge in [0.2, 0.25) is 0 Å². The van der Waals surface area contributed by atoms with Crippen molar-refractivity contribution < 1.29 is 0 Å². The number of nitrogens with one attached hydrogen (secondary N) is 1. The Morgan fingerprint density at radius 1 is 1.33 bits per heavy atom. The van der Waals surface area contributed by atoms with Gasteiger partial charge in [-0.3, -0.25) is 0 Å². The van der Waals surface area contributed by atoms with Crippen LogP contribution in [0.3, 0.4) is 0 Å². The molecule has 1 aromatic carbocycles. The Morgan fingerprint density at radius 2 is 2.17 bits per heavy atom. The second-order valence-electron chi connectivity index (χ2n) is 5.20. The SMILES string of the molecule is CC1CCCC(NCCSc2ccccc2Cl)C1. The monoisotopic (exact) mass is 283 g/mol. The summed E-state index contributed by atoms with van der Waals surface area (Å²) in [7, 11) is 0. The first-order valence-electron chi connectivity index (χ1n) is 6.86. The molecule has 2 rings (SSSR count). The topological polar surface area (TPSA) is 12.0 Å². The predicted octanol–water partition coefficient (Wildman–Crippen LogP) is 4.60. The van der Waals surface area contributed by atoms with Gasteiger partial charge in [0.15, 0.2) is 0 Å². The minimum Gasteiger partial charge on any atom is -0.313 e. The van der Waals surface area contributed by atoms with Crippen LogP contribution in [0.1, 0.15) is 32.6 Å². The van der Waals surface area contributed by atoms with Gasteiger partial charge in [-0.05, 0) is 30.9 Å². The molecule has 2 unspecified atom stereocenters. The molecule has 0 bridgehead atoms. The average Bonchev–Trinajstić information content (AvgIpc) is 2.37. The summed E-state index contributed by atoms with van der Waals surface area (Å²) in [5.74, 6) is 1.99. The van der Waals surface area contributed by atoms with Crippen LogP contribution in [0, 0.1) is 5.92 Å². The second kappa shape index (κ2) is 7.42. The smallest absolute Gasteiger partial charge is 0.0541 e. The lowest BCUT2D eigenvalue weighted by atomic mass is 9.87. The number of rotatable bonds is 5. The van der Waals surface area contributed by atoms with Crippen molar-refractivity contribution in [1.29, 1.82) is 0 Å². The van der Waals surface area contributed by atoms with Crippen molar-refractivity contribution in [1.82, 2.24) is 5.32 Å². The third-order valence-corrected chi connectivity index (χ3v) is 5.08. The molecule has 0 radical (unpaired) electrons. The molecule has 100 valence electrons. The first-order valence-corrected chi connectivity index (χ1v) is 8.23. The zero-order valence-corrected chi connectivity index (χ0v) is 12.6. The van der Waals surface area contributed by atoms with Gasteiger partial charge in [-0.2, -0.15) is 0 Å². The van der Waals surface area contributed by atoms with Gasteiger partial charge in [-0.1, -0.05) is 43.5 Å². The van der Waals surface area contributed by atoms with Gasteiger partial charge < -0.3 is 5.32 Å². The lowest BCUT2D eigenvalue weighted by molar-refractivity contribution is 0.306. The highest BCUT2D eigenvalue weighted by molar-refractivity contribution is 7.99. The van der Waals surface area contributed by atoms with Crippen molar-refractivity contribution in [3.8, 4) is 0 Å². The Bertz CT molecular complexity index is 369. The number of hydrogen-bond donors (Lipinski definition) is 1. The molecule has 0 spiro atoms. The summed E-state index contributed by atoms with van der Waals surface area (Å²) >= 11 is 7.97. The van der Waals surface area contributed by atoms with Gasteiger partial charge in [0.25, 0.3) is 0 Å². The summed E-state index contributed by atoms with van der Waals surface area (Å²) in [6.07, 6.45) is 5.49. The van der Waals surface area contributed by atoms with Crippen molar-refractivity contribution in [2.45, 2.75) is 43.5 Å². The van der Waals surface area contributed by atoms with Gasteiger partial charge in [-0.15, -0.1) is 11.8 Å². The highest BCUT2D eigenvalue weighted by Gasteiger charge is 2.17. The molecule has 1 aromatic rings. The predicted molar refractivity (Wildman–Crippen MR) is 81.6 cm³/mol. The molecule has 3 heteroatoms. The zero-order valence-electron chi connectivity index (χ0n) is 11.0. The van der Waals surface area contributed by atoms with E-state index in [1.807, 2.05) is 30.0 Å². The van der Waals surface area contributed by atoms with Crippen LogP contribution in [0.5, 0.6) is 0 Å². The minimum atomic E-state index is 0.737. The Kier molecular flexibility index (Phi) is 5.87. The van der Waals surface area contributed by atoms with Crippen molar-refractivity contribution >= 4 is 23.4 Å². The van der Waals surface area contributed by atoms with E-state index in [0.717, 1.165) is 29.3 Å². The van der Waals surface area contributed by atoms with Gasteiger partial charge >= 0.3 is 0 Å². The van der Waals surface area contributed by atoms with Crippen LogP contribution in [0.25, 0.3) is 0 Å². The van der Waals surface area contributed by atoms with Crippen LogP contribution in [0.4, 0.5) is 0 Å². The standard InChI is InChI=1S/C15H22ClNS/c1-12-5-4-6-13(11-12)17-9-10-18-15-8-3-2-7-14(15)16/h2-3,7-8,12-13,17H,4-6,9-11H2,1H3. The molecular formula is C15H22ClNS. The van der Waals surface area contributed by atoms with E-state index >= 15 is 0 Å². The molecule has 0 amide bonds. The van der Waals surface area contributed by atoms with E-state index in [4.69, 9.17) is 11.6 Å². The van der Waals surface area contributed by atoms with Gasteiger partial charge in [0, 0.05) is 23.2 Å². The molecule has 1 fully saturated rings. The van der Waals surface area contributed by atoms with Crippen LogP contribution in [0.15, 0.2) is 29.2 Å². The van der Waals surface area contributed by atoms with Crippen molar-refractivity contribution in [2.75, 3.05) is 12.3 Å². The Labute approximate surface area is 120 Å². The van der Waals surface area contributed by atoms with Gasteiger partial charge in [0.1, 0.15) is 0 Å². The van der Waals surface area contributed by atoms with Crippen LogP contribution in [0.2, 0.25) is 5.02 Å². The third-order valence-electron chi connectivity index (χ3n) is 3.57. The molecule has 1 aliphatic rings. The van der Waals surface area contributed by atoms with E-state index in [1.165, 1.54) is 30.6 Å². The van der Waals surface area contributed by atoms with E-state index in [2.05, 4.69) is 18.3 Å². The summed E-state index contributed by atoms with van der Waals surface area (Å²) < 4.78 is 0. The summed E-state index contributed by atoms with van der Waals surface area (Å²) in [6.45, 7) is 3.44. The third kappa shape index (κ3) is 4.49. The Morgan fingerprint density at radius 3 is 2.94 bits per heavy atom. The Balaban J connectivity index is 1.65. The fraction of sp³-hybridized carbons (Fsp3) is 0.600. The fourth-order valence-corrected chi connectivity index (χ4v) is 3.73. The van der Waals surface area contributed by atoms with Gasteiger partial charge in [0.05, 0.1) is 5.02 Å². The second-order valence-corrected chi connectivity index (χ2v) is 6.75. The molecule has 0 aromatic heterocycles. The number of thioether (sulfide) groups is 1. The molecule has 18 heavy (non-hydrogen) atoms. The molecule has 1 saturated carbocycles. The highest BCUT2D eigenvalue weighted by atomic mass is 35.5. The molecule has 0 aliphatic heterocycles. The van der Waals surface area contributed by atoms with Gasteiger partial charge in [-0.25, -0.2) is 0 Å². The quantitative estimate of drug-likeness (QED) is 0.626. The molecule has 1 nitrogen and oxygen atoms in total. The molecule has 1 aliphatic carbocycles. The first kappa shape index (κ1) is 14.2. The first-order chi connectivity index (χ1) is 8.75. The lowest BCUT2D eigenvalue weighted by Gasteiger charge is -2.27. The maximum Gasteiger partial charge on any atom is 0.0541 e. The fourth-order valence-electron chi connectivity index (χ4n) is 2.61. The van der Waals surface area contributed by atoms with Crippen molar-refractivity contribution in [3.05, 3.63) is 29.3 Å². The van der Waals surface area contributed by atoms with E-state index in [9.17, 15) is 0 Å². The van der Waals surface area contributed by atoms with E-state index in [-0.39, 0.29) is 0 Å². The number of halogens is 1. The Hall–Kier alpha value is -0.180. The molecular weight excluding hydrogens is 262 g/mol. The van der Waals surface area contributed by atoms with Crippen molar-refractivity contribution in [3.63, 3.8) is 0 Å². The maximum absolute atomic E-state index is 6.13. The highest BCUT2D eigenvalue weighted by Crippen LogP contribution is 2.26. The molecule has 0 heterocycles. The molecule has 0 saturated heterocycles. The lowest BCUT2D eigenvalue weighted by Crippen LogP contribution is -2.34.